The number of benzene rings is 1. The van der Waals surface area contributed by atoms with E-state index in [2.05, 4.69) is 59.8 Å². The van der Waals surface area contributed by atoms with Crippen LogP contribution in [0.4, 0.5) is 5.69 Å². The van der Waals surface area contributed by atoms with Crippen molar-refractivity contribution in [3.8, 4) is 11.1 Å². The monoisotopic (exact) mass is 457 g/mol. The number of rotatable bonds is 8. The Bertz CT molecular complexity index is 1060. The summed E-state index contributed by atoms with van der Waals surface area (Å²) >= 11 is 0. The summed E-state index contributed by atoms with van der Waals surface area (Å²) in [4.78, 5) is 19.3. The maximum absolute atomic E-state index is 12.3. The number of hydrogen-bond acceptors (Lipinski definition) is 3. The van der Waals surface area contributed by atoms with E-state index in [0.717, 1.165) is 50.8 Å². The van der Waals surface area contributed by atoms with Crippen LogP contribution < -0.4 is 10.6 Å². The lowest BCUT2D eigenvalue weighted by molar-refractivity contribution is -0.127. The van der Waals surface area contributed by atoms with E-state index in [-0.39, 0.29) is 16.7 Å². The highest BCUT2D eigenvalue weighted by Crippen LogP contribution is 2.62. The lowest BCUT2D eigenvalue weighted by Gasteiger charge is -2.40. The lowest BCUT2D eigenvalue weighted by atomic mass is 9.80. The molecule has 3 saturated carbocycles. The molecule has 0 spiro atoms. The van der Waals surface area contributed by atoms with Gasteiger partial charge in [0.2, 0.25) is 5.91 Å². The number of nitrogens with zero attached hydrogens (tertiary/aromatic N) is 2. The second-order valence-electron chi connectivity index (χ2n) is 11.2. The van der Waals surface area contributed by atoms with E-state index in [4.69, 9.17) is 5.73 Å². The van der Waals surface area contributed by atoms with E-state index in [1.165, 1.54) is 54.6 Å². The number of hydrogen-bond donors (Lipinski definition) is 1. The van der Waals surface area contributed by atoms with Crippen molar-refractivity contribution in [2.24, 2.45) is 22.5 Å². The maximum Gasteiger partial charge on any atom is 0.223 e. The Labute approximate surface area is 204 Å². The first-order valence-electron chi connectivity index (χ1n) is 13.3. The second-order valence-corrected chi connectivity index (χ2v) is 11.2. The third-order valence-electron chi connectivity index (χ3n) is 9.09. The summed E-state index contributed by atoms with van der Waals surface area (Å²) in [5.41, 5.74) is 11.8. The Morgan fingerprint density at radius 1 is 1.09 bits per heavy atom. The average Bonchev–Trinajstić information content (AvgIpc) is 3.46. The molecule has 0 atom stereocenters. The molecule has 2 bridgehead atoms. The van der Waals surface area contributed by atoms with Crippen LogP contribution in [-0.4, -0.2) is 17.4 Å². The van der Waals surface area contributed by atoms with Gasteiger partial charge < -0.3 is 10.6 Å². The lowest BCUT2D eigenvalue weighted by Crippen LogP contribution is -2.37. The molecule has 5 rings (SSSR count). The van der Waals surface area contributed by atoms with Crippen molar-refractivity contribution in [3.05, 3.63) is 60.6 Å². The Morgan fingerprint density at radius 3 is 2.50 bits per heavy atom. The number of primary amides is 1. The molecule has 2 N–H and O–H groups in total. The molecule has 1 aromatic carbocycles. The van der Waals surface area contributed by atoms with E-state index >= 15 is 0 Å². The predicted octanol–water partition coefficient (Wildman–Crippen LogP) is 6.65. The number of fused-ring (bicyclic) bond motifs is 2. The van der Waals surface area contributed by atoms with Crippen molar-refractivity contribution in [2.45, 2.75) is 77.6 Å². The first kappa shape index (κ1) is 23.1. The summed E-state index contributed by atoms with van der Waals surface area (Å²) in [5, 5.41) is 0. The molecule has 0 saturated heterocycles. The van der Waals surface area contributed by atoms with Crippen LogP contribution in [0.1, 0.15) is 76.8 Å². The summed E-state index contributed by atoms with van der Waals surface area (Å²) in [5.74, 6) is 0.459. The second kappa shape index (κ2) is 9.20. The molecular weight excluding hydrogens is 418 g/mol. The summed E-state index contributed by atoms with van der Waals surface area (Å²) in [6.07, 6.45) is 14.3. The fourth-order valence-corrected chi connectivity index (χ4v) is 6.93. The third kappa shape index (κ3) is 4.28. The minimum atomic E-state index is -0.271. The van der Waals surface area contributed by atoms with Crippen LogP contribution in [0.2, 0.25) is 0 Å². The van der Waals surface area contributed by atoms with Crippen LogP contribution in [0, 0.1) is 16.7 Å². The summed E-state index contributed by atoms with van der Waals surface area (Å²) in [6.45, 7) is 7.77. The first-order valence-corrected chi connectivity index (χ1v) is 13.3. The molecule has 0 unspecified atom stereocenters. The molecule has 0 aliphatic heterocycles. The standard InChI is InChI=1S/C30H39N3O/c1-3-26-18-25(12-17-32-26)24-10-7-11-27(19-24)33(22(2)23-8-5-4-6-9-23)21-29-13-15-30(20-29,16-14-29)28(31)34/h7,10-12,17-19,23H,2-6,8-9,13-16,20-21H2,1H3,(H2,31,34). The molecule has 3 aliphatic rings. The number of nitrogens with two attached hydrogens (primary N) is 1. The highest BCUT2D eigenvalue weighted by Gasteiger charge is 2.57. The van der Waals surface area contributed by atoms with E-state index in [1.807, 2.05) is 6.20 Å². The van der Waals surface area contributed by atoms with Gasteiger partial charge in [-0.15, -0.1) is 0 Å². The van der Waals surface area contributed by atoms with Gasteiger partial charge in [-0.25, -0.2) is 0 Å². The smallest absolute Gasteiger partial charge is 0.223 e. The van der Waals surface area contributed by atoms with Crippen LogP contribution in [0.5, 0.6) is 0 Å². The van der Waals surface area contributed by atoms with Gasteiger partial charge in [-0.1, -0.05) is 44.9 Å². The molecule has 3 fully saturated rings. The molecule has 1 heterocycles. The number of allylic oxidation sites excluding steroid dienone is 1. The number of aromatic nitrogens is 1. The van der Waals surface area contributed by atoms with Gasteiger partial charge in [0.1, 0.15) is 0 Å². The van der Waals surface area contributed by atoms with Crippen molar-refractivity contribution in [1.82, 2.24) is 4.98 Å². The first-order chi connectivity index (χ1) is 16.4. The van der Waals surface area contributed by atoms with Crippen LogP contribution in [0.3, 0.4) is 0 Å². The van der Waals surface area contributed by atoms with Gasteiger partial charge in [-0.2, -0.15) is 0 Å². The summed E-state index contributed by atoms with van der Waals surface area (Å²) < 4.78 is 0. The minimum absolute atomic E-state index is 0.0871. The highest BCUT2D eigenvalue weighted by atomic mass is 16.1. The molecule has 4 heteroatoms. The molecule has 4 nitrogen and oxygen atoms in total. The topological polar surface area (TPSA) is 59.2 Å². The molecule has 2 aromatic rings. The third-order valence-corrected chi connectivity index (χ3v) is 9.09. The molecule has 0 radical (unpaired) electrons. The van der Waals surface area contributed by atoms with Gasteiger partial charge in [0, 0.05) is 35.2 Å². The van der Waals surface area contributed by atoms with E-state index in [0.29, 0.717) is 5.92 Å². The fraction of sp³-hybridized carbons (Fsp3) is 0.533. The minimum Gasteiger partial charge on any atom is -0.369 e. The number of pyridine rings is 1. The maximum atomic E-state index is 12.3. The number of carbonyl (C=O) groups is 1. The van der Waals surface area contributed by atoms with Crippen LogP contribution in [0.15, 0.2) is 54.9 Å². The molecule has 34 heavy (non-hydrogen) atoms. The number of aryl methyl sites for hydroxylation is 1. The van der Waals surface area contributed by atoms with Crippen molar-refractivity contribution >= 4 is 11.6 Å². The van der Waals surface area contributed by atoms with Crippen molar-refractivity contribution in [1.29, 1.82) is 0 Å². The zero-order valence-corrected chi connectivity index (χ0v) is 20.7. The van der Waals surface area contributed by atoms with Crippen molar-refractivity contribution in [3.63, 3.8) is 0 Å². The largest absolute Gasteiger partial charge is 0.369 e. The zero-order chi connectivity index (χ0) is 23.8. The molecule has 1 aromatic heterocycles. The quantitative estimate of drug-likeness (QED) is 0.483. The van der Waals surface area contributed by atoms with Gasteiger partial charge >= 0.3 is 0 Å². The van der Waals surface area contributed by atoms with E-state index in [1.54, 1.807) is 0 Å². The average molecular weight is 458 g/mol. The van der Waals surface area contributed by atoms with E-state index < -0.39 is 0 Å². The van der Waals surface area contributed by atoms with Gasteiger partial charge in [-0.3, -0.25) is 9.78 Å². The Kier molecular flexibility index (Phi) is 6.26. The fourth-order valence-electron chi connectivity index (χ4n) is 6.93. The Hall–Kier alpha value is -2.62. The van der Waals surface area contributed by atoms with Gasteiger partial charge in [0.25, 0.3) is 0 Å². The predicted molar refractivity (Wildman–Crippen MR) is 139 cm³/mol. The number of anilines is 1. The molecule has 3 aliphatic carbocycles. The van der Waals surface area contributed by atoms with Crippen molar-refractivity contribution in [2.75, 3.05) is 11.4 Å². The van der Waals surface area contributed by atoms with Crippen LogP contribution in [0.25, 0.3) is 11.1 Å². The Morgan fingerprint density at radius 2 is 1.82 bits per heavy atom. The van der Waals surface area contributed by atoms with Crippen molar-refractivity contribution < 1.29 is 4.79 Å². The highest BCUT2D eigenvalue weighted by molar-refractivity contribution is 5.82. The molecule has 180 valence electrons. The van der Waals surface area contributed by atoms with Gasteiger partial charge in [0.05, 0.1) is 0 Å². The van der Waals surface area contributed by atoms with E-state index in [9.17, 15) is 4.79 Å². The summed E-state index contributed by atoms with van der Waals surface area (Å²) in [7, 11) is 0. The zero-order valence-electron chi connectivity index (χ0n) is 20.7. The number of carbonyl (C=O) groups excluding carboxylic acids is 1. The molecule has 1 amide bonds. The SMILES string of the molecule is C=C(C1CCCCC1)N(CC12CCC(C(N)=O)(CC1)C2)c1cccc(-c2ccnc(CC)c2)c1. The summed E-state index contributed by atoms with van der Waals surface area (Å²) in [6, 6.07) is 13.2. The van der Waals surface area contributed by atoms with Crippen LogP contribution in [-0.2, 0) is 11.2 Å². The number of amides is 1. The van der Waals surface area contributed by atoms with Crippen LogP contribution >= 0.6 is 0 Å². The van der Waals surface area contributed by atoms with Gasteiger partial charge in [0.15, 0.2) is 0 Å². The normalized spacial score (nSPS) is 26.5. The Balaban J connectivity index is 1.48. The molecular formula is C30H39N3O. The van der Waals surface area contributed by atoms with Gasteiger partial charge in [-0.05, 0) is 98.1 Å².